The van der Waals surface area contributed by atoms with Crippen molar-refractivity contribution in [1.29, 1.82) is 0 Å². The molecule has 3 N–H and O–H groups in total. The molecular weight excluding hydrogens is 343 g/mol. The number of anilines is 1. The summed E-state index contributed by atoms with van der Waals surface area (Å²) in [4.78, 5) is 22.4. The highest BCUT2D eigenvalue weighted by Crippen LogP contribution is 2.35. The number of benzene rings is 1. The molecule has 0 radical (unpaired) electrons. The van der Waals surface area contributed by atoms with Crippen molar-refractivity contribution in [2.75, 3.05) is 18.4 Å². The lowest BCUT2D eigenvalue weighted by atomic mass is 10.1. The first kappa shape index (κ1) is 17.8. The highest BCUT2D eigenvalue weighted by atomic mass is 35.5. The first-order valence-corrected chi connectivity index (χ1v) is 8.05. The molecule has 1 saturated heterocycles. The van der Waals surface area contributed by atoms with E-state index in [1.54, 1.807) is 6.92 Å². The van der Waals surface area contributed by atoms with Crippen LogP contribution in [0.3, 0.4) is 0 Å². The van der Waals surface area contributed by atoms with E-state index < -0.39 is 11.0 Å². The van der Waals surface area contributed by atoms with Crippen molar-refractivity contribution in [3.63, 3.8) is 0 Å². The molecule has 0 aromatic heterocycles. The molecule has 1 fully saturated rings. The first-order chi connectivity index (χ1) is 10.9. The highest BCUT2D eigenvalue weighted by molar-refractivity contribution is 6.39. The fourth-order valence-electron chi connectivity index (χ4n) is 2.38. The predicted octanol–water partition coefficient (Wildman–Crippen LogP) is 2.57. The number of rotatable bonds is 5. The van der Waals surface area contributed by atoms with E-state index in [9.17, 15) is 14.9 Å². The summed E-state index contributed by atoms with van der Waals surface area (Å²) < 4.78 is 0. The van der Waals surface area contributed by atoms with Crippen LogP contribution in [0.1, 0.15) is 19.8 Å². The zero-order chi connectivity index (χ0) is 17.0. The average molecular weight is 361 g/mol. The average Bonchev–Trinajstić information content (AvgIpc) is 2.51. The van der Waals surface area contributed by atoms with E-state index in [0.29, 0.717) is 5.69 Å². The lowest BCUT2D eigenvalue weighted by Gasteiger charge is -2.26. The number of carbonyl (C=O) groups excluding carboxylic acids is 1. The number of nitro groups is 1. The Morgan fingerprint density at radius 3 is 2.43 bits per heavy atom. The molecule has 1 amide bonds. The normalized spacial score (nSPS) is 16.7. The number of halogens is 2. The van der Waals surface area contributed by atoms with Crippen molar-refractivity contribution in [3.05, 3.63) is 32.3 Å². The third-order valence-corrected chi connectivity index (χ3v) is 4.27. The molecule has 1 aromatic rings. The molecule has 9 heteroatoms. The lowest BCUT2D eigenvalue weighted by Crippen LogP contribution is -2.47. The summed E-state index contributed by atoms with van der Waals surface area (Å²) >= 11 is 12.1. The Hall–Kier alpha value is -1.57. The number of nitro benzene ring substituents is 1. The van der Waals surface area contributed by atoms with Gasteiger partial charge in [0, 0.05) is 18.2 Å². The molecule has 1 atom stereocenters. The summed E-state index contributed by atoms with van der Waals surface area (Å²) in [5.74, 6) is -0.164. The van der Waals surface area contributed by atoms with E-state index in [2.05, 4.69) is 16.0 Å². The van der Waals surface area contributed by atoms with Crippen LogP contribution in [0.25, 0.3) is 0 Å². The summed E-state index contributed by atoms with van der Waals surface area (Å²) in [7, 11) is 0. The summed E-state index contributed by atoms with van der Waals surface area (Å²) in [6.45, 7) is 3.45. The van der Waals surface area contributed by atoms with Gasteiger partial charge in [-0.05, 0) is 32.9 Å². The monoisotopic (exact) mass is 360 g/mol. The van der Waals surface area contributed by atoms with E-state index >= 15 is 0 Å². The quantitative estimate of drug-likeness (QED) is 0.553. The van der Waals surface area contributed by atoms with Crippen LogP contribution in [-0.2, 0) is 4.79 Å². The minimum absolute atomic E-state index is 0.103. The molecule has 23 heavy (non-hydrogen) atoms. The van der Waals surface area contributed by atoms with Crippen LogP contribution in [0.4, 0.5) is 11.4 Å². The molecule has 126 valence electrons. The van der Waals surface area contributed by atoms with Gasteiger partial charge in [-0.3, -0.25) is 14.9 Å². The van der Waals surface area contributed by atoms with Crippen molar-refractivity contribution in [3.8, 4) is 0 Å². The lowest BCUT2D eigenvalue weighted by molar-refractivity contribution is -0.384. The van der Waals surface area contributed by atoms with Gasteiger partial charge in [-0.2, -0.15) is 0 Å². The van der Waals surface area contributed by atoms with Crippen LogP contribution in [-0.4, -0.2) is 36.0 Å². The second kappa shape index (κ2) is 7.81. The largest absolute Gasteiger partial charge is 0.371 e. The van der Waals surface area contributed by atoms with E-state index in [4.69, 9.17) is 23.2 Å². The van der Waals surface area contributed by atoms with Crippen LogP contribution in [0.15, 0.2) is 12.1 Å². The Morgan fingerprint density at radius 2 is 1.91 bits per heavy atom. The van der Waals surface area contributed by atoms with Crippen molar-refractivity contribution in [1.82, 2.24) is 10.6 Å². The standard InChI is InChI=1S/C14H18Cl2N4O3/c1-8(14(21)19-9-2-4-17-5-3-9)18-13-11(15)6-10(20(22)23)7-12(13)16/h6-9,17-18H,2-5H2,1H3,(H,19,21). The number of nitrogens with zero attached hydrogens (tertiary/aromatic N) is 1. The SMILES string of the molecule is CC(Nc1c(Cl)cc([N+](=O)[O-])cc1Cl)C(=O)NC1CCNCC1. The third-order valence-electron chi connectivity index (χ3n) is 3.68. The van der Waals surface area contributed by atoms with Crippen LogP contribution in [0.5, 0.6) is 0 Å². The van der Waals surface area contributed by atoms with Gasteiger partial charge in [0.05, 0.1) is 20.7 Å². The van der Waals surface area contributed by atoms with Crippen LogP contribution < -0.4 is 16.0 Å². The maximum absolute atomic E-state index is 12.2. The summed E-state index contributed by atoms with van der Waals surface area (Å²) in [6.07, 6.45) is 1.77. The second-order valence-corrected chi connectivity index (χ2v) is 6.25. The maximum atomic E-state index is 12.2. The molecule has 0 bridgehead atoms. The number of hydrogen-bond donors (Lipinski definition) is 3. The van der Waals surface area contributed by atoms with Crippen LogP contribution in [0.2, 0.25) is 10.0 Å². The molecule has 1 unspecified atom stereocenters. The fraction of sp³-hybridized carbons (Fsp3) is 0.500. The Bertz CT molecular complexity index is 583. The zero-order valence-corrected chi connectivity index (χ0v) is 14.1. The molecule has 7 nitrogen and oxygen atoms in total. The van der Waals surface area contributed by atoms with Gasteiger partial charge in [-0.15, -0.1) is 0 Å². The van der Waals surface area contributed by atoms with Gasteiger partial charge in [0.15, 0.2) is 0 Å². The number of hydrogen-bond acceptors (Lipinski definition) is 5. The summed E-state index contributed by atoms with van der Waals surface area (Å²) in [5.41, 5.74) is 0.115. The molecule has 1 aliphatic rings. The Morgan fingerprint density at radius 1 is 1.35 bits per heavy atom. The van der Waals surface area contributed by atoms with Gasteiger partial charge in [0.1, 0.15) is 6.04 Å². The molecule has 1 aliphatic heterocycles. The van der Waals surface area contributed by atoms with Gasteiger partial charge in [0.25, 0.3) is 5.69 Å². The van der Waals surface area contributed by atoms with Gasteiger partial charge in [-0.1, -0.05) is 23.2 Å². The molecule has 1 heterocycles. The first-order valence-electron chi connectivity index (χ1n) is 7.29. The van der Waals surface area contributed by atoms with Crippen molar-refractivity contribution >= 4 is 40.5 Å². The van der Waals surface area contributed by atoms with Gasteiger partial charge in [-0.25, -0.2) is 0 Å². The van der Waals surface area contributed by atoms with E-state index in [1.807, 2.05) is 0 Å². The molecule has 0 aliphatic carbocycles. The molecular formula is C14H18Cl2N4O3. The van der Waals surface area contributed by atoms with Crippen LogP contribution in [0, 0.1) is 10.1 Å². The van der Waals surface area contributed by atoms with Crippen LogP contribution >= 0.6 is 23.2 Å². The Kier molecular flexibility index (Phi) is 6.04. The van der Waals surface area contributed by atoms with Gasteiger partial charge in [0.2, 0.25) is 5.91 Å². The zero-order valence-electron chi connectivity index (χ0n) is 12.6. The number of piperidine rings is 1. The minimum atomic E-state index is -0.575. The topological polar surface area (TPSA) is 96.3 Å². The molecule has 0 saturated carbocycles. The highest BCUT2D eigenvalue weighted by Gasteiger charge is 2.22. The van der Waals surface area contributed by atoms with E-state index in [0.717, 1.165) is 25.9 Å². The summed E-state index contributed by atoms with van der Waals surface area (Å²) in [6, 6.07) is 1.98. The van der Waals surface area contributed by atoms with E-state index in [-0.39, 0.29) is 27.7 Å². The number of nitrogens with one attached hydrogen (secondary N) is 3. The molecule has 1 aromatic carbocycles. The van der Waals surface area contributed by atoms with Crippen molar-refractivity contribution in [2.45, 2.75) is 31.8 Å². The van der Waals surface area contributed by atoms with E-state index in [1.165, 1.54) is 12.1 Å². The minimum Gasteiger partial charge on any atom is -0.371 e. The Labute approximate surface area is 143 Å². The van der Waals surface area contributed by atoms with Crippen molar-refractivity contribution in [2.24, 2.45) is 0 Å². The number of carbonyl (C=O) groups is 1. The maximum Gasteiger partial charge on any atom is 0.272 e. The van der Waals surface area contributed by atoms with Gasteiger partial charge < -0.3 is 16.0 Å². The fourth-order valence-corrected chi connectivity index (χ4v) is 2.96. The summed E-state index contributed by atoms with van der Waals surface area (Å²) in [5, 5.41) is 20.1. The second-order valence-electron chi connectivity index (χ2n) is 5.44. The third kappa shape index (κ3) is 4.70. The molecule has 2 rings (SSSR count). The predicted molar refractivity (Wildman–Crippen MR) is 90.2 cm³/mol. The smallest absolute Gasteiger partial charge is 0.272 e. The molecule has 0 spiro atoms. The number of amides is 1. The number of non-ortho nitro benzene ring substituents is 1. The van der Waals surface area contributed by atoms with Crippen molar-refractivity contribution < 1.29 is 9.72 Å². The van der Waals surface area contributed by atoms with Gasteiger partial charge >= 0.3 is 0 Å². The Balaban J connectivity index is 2.03.